The minimum absolute atomic E-state index is 0.130. The molecule has 9 nitrogen and oxygen atoms in total. The van der Waals surface area contributed by atoms with Crippen molar-refractivity contribution in [3.63, 3.8) is 0 Å². The topological polar surface area (TPSA) is 139 Å². The highest BCUT2D eigenvalue weighted by molar-refractivity contribution is 5.52. The Labute approximate surface area is 119 Å². The van der Waals surface area contributed by atoms with E-state index in [2.05, 4.69) is 21.6 Å². The first kappa shape index (κ1) is 13.9. The molecular weight excluding hydrogens is 278 g/mol. The molecule has 2 aromatic rings. The van der Waals surface area contributed by atoms with Gasteiger partial charge in [0.05, 0.1) is 12.8 Å². The quantitative estimate of drug-likeness (QED) is 0.497. The fraction of sp³-hybridized carbons (Fsp3) is 0.417. The van der Waals surface area contributed by atoms with Crippen molar-refractivity contribution < 1.29 is 20.1 Å². The predicted octanol–water partition coefficient (Wildman–Crippen LogP) is -1.58. The summed E-state index contributed by atoms with van der Waals surface area (Å²) in [6.45, 7) is 3.09. The molecule has 2 aromatic heterocycles. The number of hydrogen-bond donors (Lipinski definition) is 4. The smallest absolute Gasteiger partial charge is 0.224 e. The Bertz CT molecular complexity index is 689. The van der Waals surface area contributed by atoms with Crippen LogP contribution in [0.25, 0.3) is 5.65 Å². The molecule has 1 saturated heterocycles. The maximum atomic E-state index is 10.6. The van der Waals surface area contributed by atoms with Crippen LogP contribution in [0.3, 0.4) is 0 Å². The SMILES string of the molecule is C=C[C@]1(O)C(c2cnn3c(N)ncnc23)O[C@H](CO)[C@H]1O. The molecule has 0 saturated carbocycles. The summed E-state index contributed by atoms with van der Waals surface area (Å²) in [6, 6.07) is 0. The minimum atomic E-state index is -1.77. The highest BCUT2D eigenvalue weighted by Crippen LogP contribution is 2.43. The van der Waals surface area contributed by atoms with Crippen LogP contribution in [-0.2, 0) is 4.74 Å². The Balaban J connectivity index is 2.13. The van der Waals surface area contributed by atoms with E-state index in [-0.39, 0.29) is 5.95 Å². The number of aliphatic hydroxyl groups excluding tert-OH is 2. The van der Waals surface area contributed by atoms with Gasteiger partial charge < -0.3 is 25.8 Å². The number of hydrogen-bond acceptors (Lipinski definition) is 8. The number of ether oxygens (including phenoxy) is 1. The van der Waals surface area contributed by atoms with E-state index in [1.54, 1.807) is 0 Å². The minimum Gasteiger partial charge on any atom is -0.394 e. The summed E-state index contributed by atoms with van der Waals surface area (Å²) in [5.41, 5.74) is 4.68. The van der Waals surface area contributed by atoms with Crippen LogP contribution in [0.2, 0.25) is 0 Å². The van der Waals surface area contributed by atoms with Gasteiger partial charge in [-0.25, -0.2) is 9.97 Å². The molecule has 0 aromatic carbocycles. The molecule has 3 rings (SSSR count). The van der Waals surface area contributed by atoms with Crippen molar-refractivity contribution in [3.8, 4) is 0 Å². The number of nitrogens with zero attached hydrogens (tertiary/aromatic N) is 4. The van der Waals surface area contributed by atoms with E-state index in [1.165, 1.54) is 23.1 Å². The summed E-state index contributed by atoms with van der Waals surface area (Å²) in [6.07, 6.45) is 0.635. The molecule has 1 unspecified atom stereocenters. The number of nitrogens with two attached hydrogens (primary N) is 1. The van der Waals surface area contributed by atoms with Gasteiger partial charge in [-0.15, -0.1) is 6.58 Å². The zero-order chi connectivity index (χ0) is 15.2. The van der Waals surface area contributed by atoms with E-state index in [1.807, 2.05) is 0 Å². The van der Waals surface area contributed by atoms with Gasteiger partial charge in [-0.05, 0) is 0 Å². The van der Waals surface area contributed by atoms with Gasteiger partial charge in [0.2, 0.25) is 5.95 Å². The predicted molar refractivity (Wildman–Crippen MR) is 71.0 cm³/mol. The van der Waals surface area contributed by atoms with Crippen LogP contribution < -0.4 is 5.73 Å². The number of fused-ring (bicyclic) bond motifs is 1. The second-order valence-electron chi connectivity index (χ2n) is 4.84. The van der Waals surface area contributed by atoms with Crippen LogP contribution >= 0.6 is 0 Å². The number of rotatable bonds is 3. The van der Waals surface area contributed by atoms with E-state index >= 15 is 0 Å². The van der Waals surface area contributed by atoms with Gasteiger partial charge in [0.25, 0.3) is 0 Å². The molecule has 0 spiro atoms. The lowest BCUT2D eigenvalue weighted by molar-refractivity contribution is -0.0405. The second kappa shape index (κ2) is 4.74. The lowest BCUT2D eigenvalue weighted by atomic mass is 9.88. The van der Waals surface area contributed by atoms with Gasteiger partial charge in [-0.2, -0.15) is 9.61 Å². The largest absolute Gasteiger partial charge is 0.394 e. The first-order valence-electron chi connectivity index (χ1n) is 6.27. The summed E-state index contributed by atoms with van der Waals surface area (Å²) in [5, 5.41) is 34.0. The van der Waals surface area contributed by atoms with Crippen molar-refractivity contribution in [2.45, 2.75) is 23.9 Å². The van der Waals surface area contributed by atoms with Gasteiger partial charge in [-0.1, -0.05) is 6.08 Å². The van der Waals surface area contributed by atoms with Crippen LogP contribution in [0.5, 0.6) is 0 Å². The molecule has 9 heteroatoms. The van der Waals surface area contributed by atoms with Crippen LogP contribution in [0.1, 0.15) is 11.7 Å². The molecule has 1 aliphatic heterocycles. The molecule has 1 aliphatic rings. The van der Waals surface area contributed by atoms with Gasteiger partial charge in [0.15, 0.2) is 5.65 Å². The van der Waals surface area contributed by atoms with E-state index in [0.29, 0.717) is 11.2 Å². The van der Waals surface area contributed by atoms with E-state index in [0.717, 1.165) is 0 Å². The summed E-state index contributed by atoms with van der Waals surface area (Å²) in [5.74, 6) is 0.130. The van der Waals surface area contributed by atoms with Crippen molar-refractivity contribution in [2.75, 3.05) is 12.3 Å². The maximum absolute atomic E-state index is 10.6. The summed E-state index contributed by atoms with van der Waals surface area (Å²) in [7, 11) is 0. The van der Waals surface area contributed by atoms with Crippen molar-refractivity contribution in [3.05, 3.63) is 30.7 Å². The number of aliphatic hydroxyl groups is 3. The molecular formula is C12H15N5O4. The lowest BCUT2D eigenvalue weighted by Crippen LogP contribution is -2.43. The van der Waals surface area contributed by atoms with Crippen LogP contribution in [0.4, 0.5) is 5.95 Å². The second-order valence-corrected chi connectivity index (χ2v) is 4.84. The first-order valence-corrected chi connectivity index (χ1v) is 6.27. The highest BCUT2D eigenvalue weighted by Gasteiger charge is 2.54. The van der Waals surface area contributed by atoms with Crippen molar-refractivity contribution in [1.82, 2.24) is 19.6 Å². The summed E-state index contributed by atoms with van der Waals surface area (Å²) in [4.78, 5) is 7.87. The van der Waals surface area contributed by atoms with Crippen molar-refractivity contribution in [1.29, 1.82) is 0 Å². The van der Waals surface area contributed by atoms with Crippen LogP contribution in [0, 0.1) is 0 Å². The monoisotopic (exact) mass is 293 g/mol. The third-order valence-corrected chi connectivity index (χ3v) is 3.70. The Hall–Kier alpha value is -2.07. The fourth-order valence-electron chi connectivity index (χ4n) is 2.54. The normalized spacial score (nSPS) is 32.6. The zero-order valence-corrected chi connectivity index (χ0v) is 11.0. The van der Waals surface area contributed by atoms with Crippen molar-refractivity contribution >= 4 is 11.6 Å². The molecule has 0 bridgehead atoms. The Morgan fingerprint density at radius 3 is 2.95 bits per heavy atom. The first-order chi connectivity index (χ1) is 10.0. The van der Waals surface area contributed by atoms with Gasteiger partial charge in [-0.3, -0.25) is 0 Å². The lowest BCUT2D eigenvalue weighted by Gasteiger charge is -2.26. The van der Waals surface area contributed by atoms with E-state index in [4.69, 9.17) is 10.5 Å². The summed E-state index contributed by atoms with van der Waals surface area (Å²) >= 11 is 0. The summed E-state index contributed by atoms with van der Waals surface area (Å²) < 4.78 is 6.84. The van der Waals surface area contributed by atoms with E-state index < -0.39 is 30.5 Å². The molecule has 21 heavy (non-hydrogen) atoms. The Morgan fingerprint density at radius 1 is 1.52 bits per heavy atom. The average Bonchev–Trinajstić information content (AvgIpc) is 3.01. The Morgan fingerprint density at radius 2 is 2.29 bits per heavy atom. The van der Waals surface area contributed by atoms with Crippen LogP contribution in [-0.4, -0.2) is 59.3 Å². The number of nitrogen functional groups attached to an aromatic ring is 1. The zero-order valence-electron chi connectivity index (χ0n) is 11.0. The molecule has 1 fully saturated rings. The van der Waals surface area contributed by atoms with Crippen LogP contribution in [0.15, 0.2) is 25.2 Å². The van der Waals surface area contributed by atoms with Gasteiger partial charge >= 0.3 is 0 Å². The third kappa shape index (κ3) is 1.83. The number of anilines is 1. The standard InChI is InChI=1S/C12H15N5O4/c1-2-12(20)8(19)7(4-18)21-9(12)6-3-16-17-10(6)14-5-15-11(17)13/h2-3,5,7-9,18-20H,1,4H2,(H2,13,14,15)/t7-,8-,9?,12-/m1/s1. The molecule has 0 amide bonds. The van der Waals surface area contributed by atoms with E-state index in [9.17, 15) is 15.3 Å². The number of aromatic nitrogens is 4. The maximum Gasteiger partial charge on any atom is 0.224 e. The Kier molecular flexibility index (Phi) is 3.14. The average molecular weight is 293 g/mol. The van der Waals surface area contributed by atoms with Gasteiger partial charge in [0, 0.05) is 5.56 Å². The molecule has 0 radical (unpaired) electrons. The fourth-order valence-corrected chi connectivity index (χ4v) is 2.54. The van der Waals surface area contributed by atoms with Crippen molar-refractivity contribution in [2.24, 2.45) is 0 Å². The molecule has 112 valence electrons. The highest BCUT2D eigenvalue weighted by atomic mass is 16.6. The molecule has 3 heterocycles. The molecule has 5 N–H and O–H groups in total. The third-order valence-electron chi connectivity index (χ3n) is 3.70. The van der Waals surface area contributed by atoms with Gasteiger partial charge in [0.1, 0.15) is 30.2 Å². The molecule has 0 aliphatic carbocycles. The molecule has 4 atom stereocenters.